The predicted molar refractivity (Wildman–Crippen MR) is 139 cm³/mol. The molecule has 4 aromatic rings. The molecule has 184 valence electrons. The fraction of sp³-hybridized carbons (Fsp3) is 0.148. The van der Waals surface area contributed by atoms with Gasteiger partial charge in [0.2, 0.25) is 0 Å². The molecule has 0 aliphatic heterocycles. The van der Waals surface area contributed by atoms with Crippen LogP contribution in [0.2, 0.25) is 0 Å². The van der Waals surface area contributed by atoms with E-state index in [0.29, 0.717) is 45.0 Å². The maximum atomic E-state index is 13.5. The Bertz CT molecular complexity index is 1390. The van der Waals surface area contributed by atoms with Gasteiger partial charge in [0.1, 0.15) is 23.7 Å². The summed E-state index contributed by atoms with van der Waals surface area (Å²) >= 11 is 3.49. The number of carbonyl (C=O) groups is 1. The molecule has 0 unspecified atom stereocenters. The van der Waals surface area contributed by atoms with Crippen LogP contribution in [0.5, 0.6) is 17.2 Å². The fourth-order valence-electron chi connectivity index (χ4n) is 3.39. The molecule has 1 aromatic heterocycles. The molecule has 0 radical (unpaired) electrons. The topological polar surface area (TPSA) is 82.0 Å². The Kier molecular flexibility index (Phi) is 8.46. The largest absolute Gasteiger partial charge is 0.490 e. The van der Waals surface area contributed by atoms with Gasteiger partial charge in [-0.15, -0.1) is 0 Å². The van der Waals surface area contributed by atoms with Crippen molar-refractivity contribution in [3.8, 4) is 17.2 Å². The van der Waals surface area contributed by atoms with E-state index in [1.807, 2.05) is 31.2 Å². The highest BCUT2D eigenvalue weighted by atomic mass is 79.9. The van der Waals surface area contributed by atoms with Gasteiger partial charge >= 0.3 is 0 Å². The molecule has 9 heteroatoms. The number of ether oxygens (including phenoxy) is 3. The smallest absolute Gasteiger partial charge is 0.277 e. The zero-order chi connectivity index (χ0) is 25.3. The van der Waals surface area contributed by atoms with Crippen molar-refractivity contribution in [3.05, 3.63) is 94.3 Å². The monoisotopic (exact) mass is 551 g/mol. The standard InChI is InChI=1S/C27H23BrFN3O4/c1-2-34-24-14-19(13-22(28)27(24)36-16-18-6-3-9-21(29)12-18)15-31-32-25(33)17-35-23-10-4-7-20-8-5-11-30-26(20)23/h3-15H,2,16-17H2,1H3,(H,32,33)/b31-15+. The summed E-state index contributed by atoms with van der Waals surface area (Å²) in [5.74, 6) is 0.750. The van der Waals surface area contributed by atoms with E-state index >= 15 is 0 Å². The highest BCUT2D eigenvalue weighted by Crippen LogP contribution is 2.37. The molecule has 0 fully saturated rings. The second kappa shape index (κ2) is 12.1. The van der Waals surface area contributed by atoms with Gasteiger partial charge in [-0.25, -0.2) is 9.82 Å². The van der Waals surface area contributed by atoms with Crippen LogP contribution in [0.25, 0.3) is 10.9 Å². The first kappa shape index (κ1) is 25.1. The fourth-order valence-corrected chi connectivity index (χ4v) is 3.97. The van der Waals surface area contributed by atoms with Crippen LogP contribution in [0.15, 0.2) is 82.5 Å². The third-order valence-electron chi connectivity index (χ3n) is 4.96. The molecule has 0 saturated heterocycles. The van der Waals surface area contributed by atoms with E-state index in [2.05, 4.69) is 31.4 Å². The molecular weight excluding hydrogens is 529 g/mol. The lowest BCUT2D eigenvalue weighted by Gasteiger charge is -2.14. The van der Waals surface area contributed by atoms with Crippen molar-refractivity contribution in [2.75, 3.05) is 13.2 Å². The number of hydrogen-bond acceptors (Lipinski definition) is 6. The van der Waals surface area contributed by atoms with Gasteiger partial charge in [0.05, 0.1) is 17.3 Å². The van der Waals surface area contributed by atoms with E-state index in [-0.39, 0.29) is 19.0 Å². The number of aromatic nitrogens is 1. The molecule has 3 aromatic carbocycles. The van der Waals surface area contributed by atoms with Crippen molar-refractivity contribution in [2.45, 2.75) is 13.5 Å². The zero-order valence-corrected chi connectivity index (χ0v) is 21.0. The molecule has 7 nitrogen and oxygen atoms in total. The van der Waals surface area contributed by atoms with Crippen molar-refractivity contribution in [1.82, 2.24) is 10.4 Å². The van der Waals surface area contributed by atoms with Crippen molar-refractivity contribution in [1.29, 1.82) is 0 Å². The van der Waals surface area contributed by atoms with Crippen molar-refractivity contribution >= 4 is 39.0 Å². The number of hydrazone groups is 1. The Morgan fingerprint density at radius 1 is 1.06 bits per heavy atom. The lowest BCUT2D eigenvalue weighted by Crippen LogP contribution is -2.24. The lowest BCUT2D eigenvalue weighted by atomic mass is 10.2. The second-order valence-electron chi connectivity index (χ2n) is 7.59. The molecule has 0 bridgehead atoms. The van der Waals surface area contributed by atoms with Gasteiger partial charge in [0.15, 0.2) is 18.1 Å². The van der Waals surface area contributed by atoms with Crippen molar-refractivity contribution in [3.63, 3.8) is 0 Å². The van der Waals surface area contributed by atoms with Crippen LogP contribution in [0.3, 0.4) is 0 Å². The Labute approximate surface area is 216 Å². The third kappa shape index (κ3) is 6.57. The summed E-state index contributed by atoms with van der Waals surface area (Å²) in [5.41, 5.74) is 4.50. The van der Waals surface area contributed by atoms with Gasteiger partial charge in [-0.05, 0) is 70.4 Å². The summed E-state index contributed by atoms with van der Waals surface area (Å²) in [6, 6.07) is 19.0. The first-order chi connectivity index (χ1) is 17.5. The number of halogens is 2. The van der Waals surface area contributed by atoms with E-state index in [1.54, 1.807) is 36.5 Å². The summed E-state index contributed by atoms with van der Waals surface area (Å²) in [7, 11) is 0. The molecule has 0 saturated carbocycles. The highest BCUT2D eigenvalue weighted by molar-refractivity contribution is 9.10. The number of nitrogens with zero attached hydrogens (tertiary/aromatic N) is 2. The molecule has 0 aliphatic carbocycles. The number of amides is 1. The minimum atomic E-state index is -0.418. The number of nitrogens with one attached hydrogen (secondary N) is 1. The van der Waals surface area contributed by atoms with Gasteiger partial charge in [-0.2, -0.15) is 5.10 Å². The van der Waals surface area contributed by atoms with Crippen molar-refractivity contribution in [2.24, 2.45) is 5.10 Å². The molecule has 4 rings (SSSR count). The highest BCUT2D eigenvalue weighted by Gasteiger charge is 2.13. The van der Waals surface area contributed by atoms with Gasteiger partial charge < -0.3 is 14.2 Å². The third-order valence-corrected chi connectivity index (χ3v) is 5.55. The number of pyridine rings is 1. The average Bonchev–Trinajstić information content (AvgIpc) is 2.87. The van der Waals surface area contributed by atoms with E-state index in [1.165, 1.54) is 18.3 Å². The zero-order valence-electron chi connectivity index (χ0n) is 19.4. The minimum Gasteiger partial charge on any atom is -0.490 e. The summed E-state index contributed by atoms with van der Waals surface area (Å²) in [6.07, 6.45) is 3.16. The number of hydrogen-bond donors (Lipinski definition) is 1. The predicted octanol–water partition coefficient (Wildman–Crippen LogP) is 5.64. The number of benzene rings is 3. The number of para-hydroxylation sites is 1. The second-order valence-corrected chi connectivity index (χ2v) is 8.45. The molecule has 1 heterocycles. The van der Waals surface area contributed by atoms with E-state index in [4.69, 9.17) is 14.2 Å². The summed E-state index contributed by atoms with van der Waals surface area (Å²) in [5, 5.41) is 4.94. The van der Waals surface area contributed by atoms with Crippen LogP contribution in [-0.4, -0.2) is 30.3 Å². The molecular formula is C27H23BrFN3O4. The van der Waals surface area contributed by atoms with E-state index in [9.17, 15) is 9.18 Å². The van der Waals surface area contributed by atoms with Crippen LogP contribution in [0.4, 0.5) is 4.39 Å². The summed E-state index contributed by atoms with van der Waals surface area (Å²) in [6.45, 7) is 2.23. The molecule has 0 aliphatic rings. The van der Waals surface area contributed by atoms with Gasteiger partial charge in [0.25, 0.3) is 5.91 Å². The number of carbonyl (C=O) groups excluding carboxylic acids is 1. The lowest BCUT2D eigenvalue weighted by molar-refractivity contribution is -0.123. The van der Waals surface area contributed by atoms with Gasteiger partial charge in [0, 0.05) is 11.6 Å². The normalized spacial score (nSPS) is 11.0. The Balaban J connectivity index is 1.38. The minimum absolute atomic E-state index is 0.173. The average molecular weight is 552 g/mol. The van der Waals surface area contributed by atoms with E-state index < -0.39 is 5.91 Å². The van der Waals surface area contributed by atoms with E-state index in [0.717, 1.165) is 5.39 Å². The maximum absolute atomic E-state index is 13.5. The van der Waals surface area contributed by atoms with Crippen molar-refractivity contribution < 1.29 is 23.4 Å². The number of rotatable bonds is 10. The van der Waals surface area contributed by atoms with Crippen LogP contribution in [0.1, 0.15) is 18.1 Å². The summed E-state index contributed by atoms with van der Waals surface area (Å²) < 4.78 is 31.3. The Morgan fingerprint density at radius 2 is 1.89 bits per heavy atom. The SMILES string of the molecule is CCOc1cc(/C=N/NC(=O)COc2cccc3cccnc23)cc(Br)c1OCc1cccc(F)c1. The van der Waals surface area contributed by atoms with Crippen LogP contribution in [0, 0.1) is 5.82 Å². The van der Waals surface area contributed by atoms with Gasteiger partial charge in [-0.1, -0.05) is 30.3 Å². The first-order valence-electron chi connectivity index (χ1n) is 11.2. The molecule has 0 atom stereocenters. The maximum Gasteiger partial charge on any atom is 0.277 e. The number of fused-ring (bicyclic) bond motifs is 1. The summed E-state index contributed by atoms with van der Waals surface area (Å²) in [4.78, 5) is 16.5. The Hall–Kier alpha value is -3.98. The first-order valence-corrected chi connectivity index (χ1v) is 11.9. The quantitative estimate of drug-likeness (QED) is 0.203. The van der Waals surface area contributed by atoms with Crippen LogP contribution < -0.4 is 19.6 Å². The molecule has 0 spiro atoms. The molecule has 36 heavy (non-hydrogen) atoms. The van der Waals surface area contributed by atoms with Crippen LogP contribution >= 0.6 is 15.9 Å². The van der Waals surface area contributed by atoms with Gasteiger partial charge in [-0.3, -0.25) is 9.78 Å². The van der Waals surface area contributed by atoms with Crippen LogP contribution in [-0.2, 0) is 11.4 Å². The molecule has 1 amide bonds. The molecule has 1 N–H and O–H groups in total. The Morgan fingerprint density at radius 3 is 2.72 bits per heavy atom.